The van der Waals surface area contributed by atoms with E-state index >= 15 is 0 Å². The molecule has 1 aliphatic rings. The normalized spacial score (nSPS) is 17.8. The lowest BCUT2D eigenvalue weighted by Gasteiger charge is -2.23. The van der Waals surface area contributed by atoms with Crippen molar-refractivity contribution < 1.29 is 9.90 Å². The van der Waals surface area contributed by atoms with E-state index in [4.69, 9.17) is 0 Å². The highest BCUT2D eigenvalue weighted by atomic mass is 32.1. The molecular formula is C15H14N2O2S. The van der Waals surface area contributed by atoms with E-state index in [0.717, 1.165) is 16.1 Å². The summed E-state index contributed by atoms with van der Waals surface area (Å²) in [7, 11) is 0. The number of rotatable bonds is 2. The first-order valence-corrected chi connectivity index (χ1v) is 7.14. The summed E-state index contributed by atoms with van der Waals surface area (Å²) < 4.78 is 0. The summed E-state index contributed by atoms with van der Waals surface area (Å²) in [5.41, 5.74) is 5.04. The Morgan fingerprint density at radius 2 is 2.05 bits per heavy atom. The maximum absolute atomic E-state index is 11.8. The molecule has 1 amide bonds. The average molecular weight is 286 g/mol. The number of nitrogens with one attached hydrogen (secondary N) is 1. The molecule has 1 atom stereocenters. The number of carbonyl (C=O) groups excluding carboxylic acids is 1. The smallest absolute Gasteiger partial charge is 0.238 e. The molecule has 0 radical (unpaired) electrons. The molecule has 0 spiro atoms. The van der Waals surface area contributed by atoms with E-state index < -0.39 is 0 Å². The molecule has 102 valence electrons. The summed E-state index contributed by atoms with van der Waals surface area (Å²) >= 11 is 1.62. The second-order valence-electron chi connectivity index (χ2n) is 4.59. The number of hydrogen-bond acceptors (Lipinski definition) is 4. The van der Waals surface area contributed by atoms with E-state index in [-0.39, 0.29) is 17.7 Å². The molecule has 4 nitrogen and oxygen atoms in total. The van der Waals surface area contributed by atoms with Gasteiger partial charge < -0.3 is 5.11 Å². The predicted molar refractivity (Wildman–Crippen MR) is 78.8 cm³/mol. The SMILES string of the molecule is CC(=O)N1NC(c2cccs2)=C[C@H]1c1ccc(O)cc1. The van der Waals surface area contributed by atoms with Crippen LogP contribution in [0.25, 0.3) is 5.70 Å². The zero-order valence-electron chi connectivity index (χ0n) is 10.9. The van der Waals surface area contributed by atoms with Crippen LogP contribution >= 0.6 is 11.3 Å². The van der Waals surface area contributed by atoms with Crippen molar-refractivity contribution in [2.24, 2.45) is 0 Å². The van der Waals surface area contributed by atoms with E-state index in [0.29, 0.717) is 0 Å². The summed E-state index contributed by atoms with van der Waals surface area (Å²) in [5, 5.41) is 13.0. The van der Waals surface area contributed by atoms with E-state index in [1.807, 2.05) is 35.7 Å². The van der Waals surface area contributed by atoms with Crippen molar-refractivity contribution in [2.45, 2.75) is 13.0 Å². The molecule has 0 aliphatic carbocycles. The number of phenolic OH excluding ortho intramolecular Hbond substituents is 1. The van der Waals surface area contributed by atoms with Crippen LogP contribution < -0.4 is 5.43 Å². The molecule has 1 aromatic heterocycles. The average Bonchev–Trinajstić information content (AvgIpc) is 3.08. The highest BCUT2D eigenvalue weighted by molar-refractivity contribution is 7.11. The van der Waals surface area contributed by atoms with Gasteiger partial charge in [-0.2, -0.15) is 0 Å². The fraction of sp³-hybridized carbons (Fsp3) is 0.133. The second kappa shape index (κ2) is 5.02. The molecule has 1 aliphatic heterocycles. The summed E-state index contributed by atoms with van der Waals surface area (Å²) in [6, 6.07) is 10.7. The van der Waals surface area contributed by atoms with Crippen LogP contribution in [0.3, 0.4) is 0 Å². The van der Waals surface area contributed by atoms with Crippen molar-refractivity contribution in [3.05, 3.63) is 58.3 Å². The van der Waals surface area contributed by atoms with Crippen molar-refractivity contribution in [2.75, 3.05) is 0 Å². The van der Waals surface area contributed by atoms with Gasteiger partial charge in [0.25, 0.3) is 0 Å². The monoisotopic (exact) mass is 286 g/mol. The summed E-state index contributed by atoms with van der Waals surface area (Å²) in [5.74, 6) is 0.169. The molecule has 0 unspecified atom stereocenters. The summed E-state index contributed by atoms with van der Waals surface area (Å²) in [6.07, 6.45) is 2.03. The van der Waals surface area contributed by atoms with Gasteiger partial charge in [0.2, 0.25) is 5.91 Å². The Bertz CT molecular complexity index is 647. The number of benzene rings is 1. The van der Waals surface area contributed by atoms with Gasteiger partial charge in [-0.3, -0.25) is 10.2 Å². The van der Waals surface area contributed by atoms with E-state index in [2.05, 4.69) is 5.43 Å². The first kappa shape index (κ1) is 12.7. The lowest BCUT2D eigenvalue weighted by molar-refractivity contribution is -0.132. The molecule has 0 saturated carbocycles. The topological polar surface area (TPSA) is 52.6 Å². The van der Waals surface area contributed by atoms with Crippen LogP contribution in [0.5, 0.6) is 5.75 Å². The molecule has 3 rings (SSSR count). The molecule has 2 heterocycles. The van der Waals surface area contributed by atoms with Gasteiger partial charge in [0.15, 0.2) is 0 Å². The number of phenols is 1. The molecule has 2 N–H and O–H groups in total. The molecule has 1 aromatic carbocycles. The van der Waals surface area contributed by atoms with Crippen molar-refractivity contribution in [3.63, 3.8) is 0 Å². The standard InChI is InChI=1S/C15H14N2O2S/c1-10(18)17-14(11-4-6-12(19)7-5-11)9-13(16-17)15-3-2-8-20-15/h2-9,14,16,19H,1H3/t14-/m0/s1. The molecule has 20 heavy (non-hydrogen) atoms. The lowest BCUT2D eigenvalue weighted by atomic mass is 10.1. The minimum Gasteiger partial charge on any atom is -0.508 e. The van der Waals surface area contributed by atoms with Crippen LogP contribution in [0.1, 0.15) is 23.4 Å². The zero-order chi connectivity index (χ0) is 14.1. The van der Waals surface area contributed by atoms with Crippen molar-refractivity contribution in [1.29, 1.82) is 0 Å². The van der Waals surface area contributed by atoms with Gasteiger partial charge in [0.05, 0.1) is 16.6 Å². The third kappa shape index (κ3) is 2.28. The number of hydrazine groups is 1. The van der Waals surface area contributed by atoms with Gasteiger partial charge in [-0.15, -0.1) is 11.3 Å². The minimum absolute atomic E-state index is 0.0501. The third-order valence-corrected chi connectivity index (χ3v) is 4.11. The number of nitrogens with zero attached hydrogens (tertiary/aromatic N) is 1. The first-order chi connectivity index (χ1) is 9.65. The molecular weight excluding hydrogens is 272 g/mol. The molecule has 5 heteroatoms. The second-order valence-corrected chi connectivity index (χ2v) is 5.54. The van der Waals surface area contributed by atoms with Crippen LogP contribution in [0.4, 0.5) is 0 Å². The number of amides is 1. The van der Waals surface area contributed by atoms with E-state index in [1.165, 1.54) is 6.92 Å². The zero-order valence-corrected chi connectivity index (χ0v) is 11.7. The van der Waals surface area contributed by atoms with E-state index in [9.17, 15) is 9.90 Å². The Balaban J connectivity index is 1.97. The molecule has 0 saturated heterocycles. The minimum atomic E-state index is -0.162. The van der Waals surface area contributed by atoms with Crippen LogP contribution in [-0.4, -0.2) is 16.0 Å². The highest BCUT2D eigenvalue weighted by Crippen LogP contribution is 2.33. The maximum Gasteiger partial charge on any atom is 0.238 e. The number of thiophene rings is 1. The van der Waals surface area contributed by atoms with Crippen LogP contribution in [0, 0.1) is 0 Å². The predicted octanol–water partition coefficient (Wildman–Crippen LogP) is 2.90. The Hall–Kier alpha value is -2.27. The number of aromatic hydroxyl groups is 1. The molecule has 0 bridgehead atoms. The Morgan fingerprint density at radius 1 is 1.30 bits per heavy atom. The number of carbonyl (C=O) groups is 1. The highest BCUT2D eigenvalue weighted by Gasteiger charge is 2.28. The third-order valence-electron chi connectivity index (χ3n) is 3.20. The Kier molecular flexibility index (Phi) is 3.20. The largest absolute Gasteiger partial charge is 0.508 e. The van der Waals surface area contributed by atoms with Crippen LogP contribution in [0.2, 0.25) is 0 Å². The molecule has 0 fully saturated rings. The van der Waals surface area contributed by atoms with Gasteiger partial charge >= 0.3 is 0 Å². The van der Waals surface area contributed by atoms with Crippen molar-refractivity contribution in [3.8, 4) is 5.75 Å². The maximum atomic E-state index is 11.8. The fourth-order valence-corrected chi connectivity index (χ4v) is 2.93. The van der Waals surface area contributed by atoms with Gasteiger partial charge in [-0.25, -0.2) is 5.01 Å². The van der Waals surface area contributed by atoms with Crippen LogP contribution in [0.15, 0.2) is 47.9 Å². The van der Waals surface area contributed by atoms with Gasteiger partial charge in [0, 0.05) is 6.92 Å². The molecule has 2 aromatic rings. The van der Waals surface area contributed by atoms with Gasteiger partial charge in [0.1, 0.15) is 5.75 Å². The lowest BCUT2D eigenvalue weighted by Crippen LogP contribution is -2.37. The quantitative estimate of drug-likeness (QED) is 0.892. The van der Waals surface area contributed by atoms with Crippen molar-refractivity contribution in [1.82, 2.24) is 10.4 Å². The van der Waals surface area contributed by atoms with Crippen LogP contribution in [-0.2, 0) is 4.79 Å². The van der Waals surface area contributed by atoms with Gasteiger partial charge in [-0.1, -0.05) is 18.2 Å². The first-order valence-electron chi connectivity index (χ1n) is 6.26. The Morgan fingerprint density at radius 3 is 2.65 bits per heavy atom. The summed E-state index contributed by atoms with van der Waals surface area (Å²) in [4.78, 5) is 12.9. The number of hydrogen-bond donors (Lipinski definition) is 2. The van der Waals surface area contributed by atoms with E-state index in [1.54, 1.807) is 28.5 Å². The summed E-state index contributed by atoms with van der Waals surface area (Å²) in [6.45, 7) is 1.53. The van der Waals surface area contributed by atoms with Crippen molar-refractivity contribution >= 4 is 22.9 Å². The fourth-order valence-electron chi connectivity index (χ4n) is 2.23. The van der Waals surface area contributed by atoms with Gasteiger partial charge in [-0.05, 0) is 35.2 Å². The Labute approximate surface area is 120 Å².